The summed E-state index contributed by atoms with van der Waals surface area (Å²) >= 11 is 1.56. The van der Waals surface area contributed by atoms with Crippen molar-refractivity contribution in [3.05, 3.63) is 58.3 Å². The van der Waals surface area contributed by atoms with E-state index in [1.54, 1.807) is 11.3 Å². The van der Waals surface area contributed by atoms with Crippen molar-refractivity contribution in [2.75, 3.05) is 6.54 Å². The first-order chi connectivity index (χ1) is 10.8. The first kappa shape index (κ1) is 15.4. The van der Waals surface area contributed by atoms with Crippen LogP contribution < -0.4 is 0 Å². The lowest BCUT2D eigenvalue weighted by Gasteiger charge is -2.29. The molecule has 0 bridgehead atoms. The van der Waals surface area contributed by atoms with Crippen LogP contribution in [0.3, 0.4) is 0 Å². The van der Waals surface area contributed by atoms with E-state index in [0.717, 1.165) is 24.4 Å². The summed E-state index contributed by atoms with van der Waals surface area (Å²) in [6, 6.07) is 14.9. The number of hydrogen-bond donors (Lipinski definition) is 0. The molecule has 0 saturated carbocycles. The molecule has 1 aromatic heterocycles. The quantitative estimate of drug-likeness (QED) is 0.741. The number of hydrogen-bond acceptors (Lipinski definition) is 3. The van der Waals surface area contributed by atoms with Crippen LogP contribution in [0.4, 0.5) is 0 Å². The van der Waals surface area contributed by atoms with Crippen molar-refractivity contribution < 1.29 is 4.79 Å². The maximum atomic E-state index is 12.5. The Morgan fingerprint density at radius 3 is 2.73 bits per heavy atom. The lowest BCUT2D eigenvalue weighted by atomic mass is 10.0. The van der Waals surface area contributed by atoms with Crippen LogP contribution in [-0.4, -0.2) is 23.3 Å². The lowest BCUT2D eigenvalue weighted by Crippen LogP contribution is -2.36. The third kappa shape index (κ3) is 4.05. The fourth-order valence-electron chi connectivity index (χ4n) is 3.25. The Balaban J connectivity index is 1.69. The Morgan fingerprint density at radius 1 is 1.09 bits per heavy atom. The van der Waals surface area contributed by atoms with Crippen molar-refractivity contribution in [2.45, 2.75) is 44.7 Å². The third-order valence-electron chi connectivity index (χ3n) is 4.44. The molecule has 0 aliphatic carbocycles. The number of thiophene rings is 1. The monoisotopic (exact) mass is 313 g/mol. The molecule has 1 aromatic carbocycles. The zero-order valence-electron chi connectivity index (χ0n) is 12.9. The molecule has 0 amide bonds. The van der Waals surface area contributed by atoms with Crippen LogP contribution >= 0.6 is 11.3 Å². The number of benzene rings is 1. The lowest BCUT2D eigenvalue weighted by molar-refractivity contribution is 0.0915. The molecule has 2 heterocycles. The van der Waals surface area contributed by atoms with Crippen molar-refractivity contribution in [2.24, 2.45) is 0 Å². The van der Waals surface area contributed by atoms with Crippen LogP contribution in [0.15, 0.2) is 47.8 Å². The maximum Gasteiger partial charge on any atom is 0.174 e. The molecule has 3 heteroatoms. The summed E-state index contributed by atoms with van der Waals surface area (Å²) in [5.74, 6) is 0.306. The van der Waals surface area contributed by atoms with E-state index >= 15 is 0 Å². The molecule has 1 saturated heterocycles. The zero-order chi connectivity index (χ0) is 15.2. The Kier molecular flexibility index (Phi) is 5.41. The summed E-state index contributed by atoms with van der Waals surface area (Å²) in [5.41, 5.74) is 1.35. The molecule has 1 unspecified atom stereocenters. The van der Waals surface area contributed by atoms with Crippen molar-refractivity contribution in [3.63, 3.8) is 0 Å². The number of likely N-dealkylation sites (tertiary alicyclic amines) is 1. The van der Waals surface area contributed by atoms with Crippen LogP contribution in [0.25, 0.3) is 0 Å². The molecule has 116 valence electrons. The number of ketones is 1. The van der Waals surface area contributed by atoms with Crippen molar-refractivity contribution in [1.29, 1.82) is 0 Å². The summed E-state index contributed by atoms with van der Waals surface area (Å²) in [7, 11) is 0. The van der Waals surface area contributed by atoms with E-state index in [0.29, 0.717) is 18.2 Å². The highest BCUT2D eigenvalue weighted by molar-refractivity contribution is 7.12. The van der Waals surface area contributed by atoms with E-state index in [2.05, 4.69) is 35.2 Å². The summed E-state index contributed by atoms with van der Waals surface area (Å²) in [5, 5.41) is 1.99. The summed E-state index contributed by atoms with van der Waals surface area (Å²) < 4.78 is 0. The van der Waals surface area contributed by atoms with Gasteiger partial charge in [0.1, 0.15) is 0 Å². The van der Waals surface area contributed by atoms with Gasteiger partial charge in [0.25, 0.3) is 0 Å². The predicted octanol–water partition coefficient (Wildman–Crippen LogP) is 4.77. The highest BCUT2D eigenvalue weighted by Crippen LogP contribution is 2.24. The second-order valence-corrected chi connectivity index (χ2v) is 7.01. The molecule has 0 radical (unpaired) electrons. The van der Waals surface area contributed by atoms with Gasteiger partial charge < -0.3 is 0 Å². The van der Waals surface area contributed by atoms with Gasteiger partial charge in [0.05, 0.1) is 4.88 Å². The molecule has 1 fully saturated rings. The van der Waals surface area contributed by atoms with Gasteiger partial charge in [-0.1, -0.05) is 49.2 Å². The average molecular weight is 313 g/mol. The Hall–Kier alpha value is -1.45. The minimum absolute atomic E-state index is 0.306. The van der Waals surface area contributed by atoms with E-state index in [1.807, 2.05) is 17.5 Å². The second-order valence-electron chi connectivity index (χ2n) is 6.06. The van der Waals surface area contributed by atoms with Gasteiger partial charge in [-0.3, -0.25) is 9.69 Å². The SMILES string of the molecule is O=C(CC1CCCCCN1Cc1ccccc1)c1cccs1. The first-order valence-corrected chi connectivity index (χ1v) is 9.05. The van der Waals surface area contributed by atoms with Crippen LogP contribution in [0.1, 0.15) is 47.3 Å². The van der Waals surface area contributed by atoms with Crippen molar-refractivity contribution >= 4 is 17.1 Å². The summed E-state index contributed by atoms with van der Waals surface area (Å²) in [6.45, 7) is 2.07. The van der Waals surface area contributed by atoms with Crippen LogP contribution in [0.2, 0.25) is 0 Å². The molecule has 2 nitrogen and oxygen atoms in total. The van der Waals surface area contributed by atoms with E-state index in [1.165, 1.54) is 24.8 Å². The van der Waals surface area contributed by atoms with E-state index in [9.17, 15) is 4.79 Å². The van der Waals surface area contributed by atoms with Crippen molar-refractivity contribution in [1.82, 2.24) is 4.90 Å². The van der Waals surface area contributed by atoms with Crippen LogP contribution in [0, 0.1) is 0 Å². The van der Waals surface area contributed by atoms with Crippen LogP contribution in [-0.2, 0) is 6.54 Å². The van der Waals surface area contributed by atoms with Gasteiger partial charge >= 0.3 is 0 Å². The van der Waals surface area contributed by atoms with Gasteiger partial charge in [-0.15, -0.1) is 11.3 Å². The minimum atomic E-state index is 0.306. The van der Waals surface area contributed by atoms with Gasteiger partial charge in [-0.05, 0) is 36.4 Å². The van der Waals surface area contributed by atoms with E-state index in [-0.39, 0.29) is 0 Å². The summed E-state index contributed by atoms with van der Waals surface area (Å²) in [4.78, 5) is 15.9. The van der Waals surface area contributed by atoms with E-state index < -0.39 is 0 Å². The second kappa shape index (κ2) is 7.70. The molecule has 0 N–H and O–H groups in total. The predicted molar refractivity (Wildman–Crippen MR) is 92.4 cm³/mol. The molecule has 3 rings (SSSR count). The molecule has 1 aliphatic heterocycles. The first-order valence-electron chi connectivity index (χ1n) is 8.17. The van der Waals surface area contributed by atoms with Crippen LogP contribution in [0.5, 0.6) is 0 Å². The Labute approximate surface area is 136 Å². The molecule has 1 aliphatic rings. The van der Waals surface area contributed by atoms with Gasteiger partial charge in [0.15, 0.2) is 5.78 Å². The number of carbonyl (C=O) groups excluding carboxylic acids is 1. The normalized spacial score (nSPS) is 19.7. The fraction of sp³-hybridized carbons (Fsp3) is 0.421. The van der Waals surface area contributed by atoms with Gasteiger partial charge in [-0.25, -0.2) is 0 Å². The molecule has 2 aromatic rings. The standard InChI is InChI=1S/C19H23NOS/c21-18(19-11-7-13-22-19)14-17-10-5-2-6-12-20(17)15-16-8-3-1-4-9-16/h1,3-4,7-9,11,13,17H,2,5-6,10,12,14-15H2. The fourth-order valence-corrected chi connectivity index (χ4v) is 3.92. The number of carbonyl (C=O) groups is 1. The van der Waals surface area contributed by atoms with Crippen molar-refractivity contribution in [3.8, 4) is 0 Å². The largest absolute Gasteiger partial charge is 0.296 e. The smallest absolute Gasteiger partial charge is 0.174 e. The number of nitrogens with zero attached hydrogens (tertiary/aromatic N) is 1. The zero-order valence-corrected chi connectivity index (χ0v) is 13.7. The van der Waals surface area contributed by atoms with Gasteiger partial charge in [0.2, 0.25) is 0 Å². The highest BCUT2D eigenvalue weighted by Gasteiger charge is 2.24. The Bertz CT molecular complexity index is 579. The number of rotatable bonds is 5. The molecule has 22 heavy (non-hydrogen) atoms. The minimum Gasteiger partial charge on any atom is -0.296 e. The highest BCUT2D eigenvalue weighted by atomic mass is 32.1. The third-order valence-corrected chi connectivity index (χ3v) is 5.36. The topological polar surface area (TPSA) is 20.3 Å². The van der Waals surface area contributed by atoms with Gasteiger partial charge in [-0.2, -0.15) is 0 Å². The Morgan fingerprint density at radius 2 is 1.95 bits per heavy atom. The summed E-state index contributed by atoms with van der Waals surface area (Å²) in [6.07, 6.45) is 5.58. The molecular weight excluding hydrogens is 290 g/mol. The molecule has 0 spiro atoms. The molecule has 1 atom stereocenters. The maximum absolute atomic E-state index is 12.5. The van der Waals surface area contributed by atoms with E-state index in [4.69, 9.17) is 0 Å². The number of Topliss-reactive ketones (excluding diaryl/α,β-unsaturated/α-hetero) is 1. The average Bonchev–Trinajstić information content (AvgIpc) is 3.00. The van der Waals surface area contributed by atoms with Gasteiger partial charge in [0, 0.05) is 19.0 Å². The molecular formula is C19H23NOS.